The van der Waals surface area contributed by atoms with E-state index >= 15 is 0 Å². The van der Waals surface area contributed by atoms with Gasteiger partial charge in [0.15, 0.2) is 4.77 Å². The molecule has 1 aliphatic rings. The van der Waals surface area contributed by atoms with E-state index in [2.05, 4.69) is 42.1 Å². The van der Waals surface area contributed by atoms with Gasteiger partial charge in [-0.05, 0) is 74.4 Å². The molecule has 37 heavy (non-hydrogen) atoms. The molecule has 1 amide bonds. The number of H-pyrrole nitrogens is 1. The van der Waals surface area contributed by atoms with E-state index in [1.54, 1.807) is 4.57 Å². The fourth-order valence-corrected chi connectivity index (χ4v) is 5.51. The molecule has 198 valence electrons. The Kier molecular flexibility index (Phi) is 10.2. The standard InChI is InChI=1S/C27H33BrClN5O2S/c28-20-9-10-24-23(18-20)26(36)34(27(37)31-24)13-3-1-2-8-25(35)30-11-5-12-32-14-16-33(17-15-32)22-7-4-6-21(29)19-22/h4,6-7,9-10,18-19H,1-3,5,8,11-17H2,(H,30,35)(H,31,37). The molecule has 4 rings (SSSR count). The number of piperazine rings is 1. The van der Waals surface area contributed by atoms with E-state index in [0.29, 0.717) is 29.7 Å². The Labute approximate surface area is 235 Å². The van der Waals surface area contributed by atoms with Crippen molar-refractivity contribution in [1.82, 2.24) is 19.8 Å². The third-order valence-corrected chi connectivity index (χ3v) is 7.80. The summed E-state index contributed by atoms with van der Waals surface area (Å²) in [6, 6.07) is 13.6. The number of aromatic amines is 1. The Morgan fingerprint density at radius 1 is 1.03 bits per heavy atom. The minimum Gasteiger partial charge on any atom is -0.369 e. The number of hydrogen-bond acceptors (Lipinski definition) is 5. The summed E-state index contributed by atoms with van der Waals surface area (Å²) in [6.45, 7) is 6.24. The number of nitrogens with one attached hydrogen (secondary N) is 2. The van der Waals surface area contributed by atoms with Gasteiger partial charge in [0.25, 0.3) is 5.56 Å². The van der Waals surface area contributed by atoms with Crippen molar-refractivity contribution in [3.05, 3.63) is 67.1 Å². The number of benzene rings is 2. The van der Waals surface area contributed by atoms with Crippen LogP contribution in [0.2, 0.25) is 5.02 Å². The molecule has 0 spiro atoms. The van der Waals surface area contributed by atoms with Crippen LogP contribution in [0.4, 0.5) is 5.69 Å². The van der Waals surface area contributed by atoms with Crippen LogP contribution in [-0.4, -0.2) is 59.6 Å². The van der Waals surface area contributed by atoms with Gasteiger partial charge >= 0.3 is 0 Å². The number of unbranched alkanes of at least 4 members (excludes halogenated alkanes) is 2. The van der Waals surface area contributed by atoms with E-state index in [9.17, 15) is 9.59 Å². The first-order chi connectivity index (χ1) is 17.9. The first kappa shape index (κ1) is 27.8. The lowest BCUT2D eigenvalue weighted by Gasteiger charge is -2.36. The van der Waals surface area contributed by atoms with E-state index in [0.717, 1.165) is 73.4 Å². The Hall–Kier alpha value is -2.20. The van der Waals surface area contributed by atoms with E-state index < -0.39 is 0 Å². The van der Waals surface area contributed by atoms with Gasteiger partial charge in [-0.1, -0.05) is 40.0 Å². The van der Waals surface area contributed by atoms with Gasteiger partial charge in [0.05, 0.1) is 10.9 Å². The highest BCUT2D eigenvalue weighted by atomic mass is 79.9. The molecule has 0 radical (unpaired) electrons. The number of rotatable bonds is 11. The first-order valence-electron chi connectivity index (χ1n) is 12.8. The number of amides is 1. The van der Waals surface area contributed by atoms with Crippen molar-refractivity contribution < 1.29 is 4.79 Å². The Morgan fingerprint density at radius 3 is 2.62 bits per heavy atom. The number of carbonyl (C=O) groups excluding carboxylic acids is 1. The largest absolute Gasteiger partial charge is 0.369 e. The monoisotopic (exact) mass is 605 g/mol. The molecule has 2 heterocycles. The number of nitrogens with zero attached hydrogens (tertiary/aromatic N) is 3. The van der Waals surface area contributed by atoms with Crippen molar-refractivity contribution in [2.75, 3.05) is 44.2 Å². The molecule has 1 aliphatic heterocycles. The maximum Gasteiger partial charge on any atom is 0.262 e. The van der Waals surface area contributed by atoms with Gasteiger partial charge in [0, 0.05) is 60.9 Å². The van der Waals surface area contributed by atoms with Gasteiger partial charge in [-0.2, -0.15) is 0 Å². The topological polar surface area (TPSA) is 73.4 Å². The third kappa shape index (κ3) is 7.89. The molecular formula is C27H33BrClN5O2S. The van der Waals surface area contributed by atoms with E-state index in [1.165, 1.54) is 5.69 Å². The maximum absolute atomic E-state index is 12.8. The lowest BCUT2D eigenvalue weighted by Crippen LogP contribution is -2.47. The molecule has 1 aromatic heterocycles. The lowest BCUT2D eigenvalue weighted by atomic mass is 10.2. The fourth-order valence-electron chi connectivity index (χ4n) is 4.68. The van der Waals surface area contributed by atoms with Gasteiger partial charge in [-0.15, -0.1) is 0 Å². The third-order valence-electron chi connectivity index (χ3n) is 6.75. The summed E-state index contributed by atoms with van der Waals surface area (Å²) in [7, 11) is 0. The predicted molar refractivity (Wildman–Crippen MR) is 157 cm³/mol. The molecule has 0 saturated carbocycles. The summed E-state index contributed by atoms with van der Waals surface area (Å²) >= 11 is 14.9. The molecule has 7 nitrogen and oxygen atoms in total. The van der Waals surface area contributed by atoms with Crippen LogP contribution < -0.4 is 15.8 Å². The van der Waals surface area contributed by atoms with E-state index in [4.69, 9.17) is 23.8 Å². The second kappa shape index (κ2) is 13.6. The van der Waals surface area contributed by atoms with Crippen LogP contribution in [0, 0.1) is 4.77 Å². The summed E-state index contributed by atoms with van der Waals surface area (Å²) < 4.78 is 2.90. The van der Waals surface area contributed by atoms with Crippen LogP contribution in [-0.2, 0) is 11.3 Å². The molecular weight excluding hydrogens is 574 g/mol. The first-order valence-corrected chi connectivity index (χ1v) is 14.4. The van der Waals surface area contributed by atoms with Crippen molar-refractivity contribution >= 4 is 62.2 Å². The van der Waals surface area contributed by atoms with Crippen molar-refractivity contribution in [3.63, 3.8) is 0 Å². The molecule has 3 aromatic rings. The summed E-state index contributed by atoms with van der Waals surface area (Å²) in [4.78, 5) is 33.0. The zero-order chi connectivity index (χ0) is 26.2. The van der Waals surface area contributed by atoms with Crippen molar-refractivity contribution in [2.45, 2.75) is 38.6 Å². The number of aromatic nitrogens is 2. The fraction of sp³-hybridized carbons (Fsp3) is 0.444. The molecule has 10 heteroatoms. The van der Waals surface area contributed by atoms with Crippen molar-refractivity contribution in [2.24, 2.45) is 0 Å². The summed E-state index contributed by atoms with van der Waals surface area (Å²) in [6.07, 6.45) is 3.90. The molecule has 2 N–H and O–H groups in total. The van der Waals surface area contributed by atoms with Crippen LogP contribution in [0.3, 0.4) is 0 Å². The number of anilines is 1. The van der Waals surface area contributed by atoms with E-state index in [-0.39, 0.29) is 11.5 Å². The summed E-state index contributed by atoms with van der Waals surface area (Å²) in [5.74, 6) is 0.0933. The van der Waals surface area contributed by atoms with Gasteiger partial charge in [0.2, 0.25) is 5.91 Å². The highest BCUT2D eigenvalue weighted by Gasteiger charge is 2.17. The minimum atomic E-state index is -0.0799. The van der Waals surface area contributed by atoms with Crippen LogP contribution in [0.5, 0.6) is 0 Å². The molecule has 1 fully saturated rings. The number of carbonyl (C=O) groups is 1. The Morgan fingerprint density at radius 2 is 1.84 bits per heavy atom. The smallest absolute Gasteiger partial charge is 0.262 e. The number of fused-ring (bicyclic) bond motifs is 1. The normalized spacial score (nSPS) is 14.3. The van der Waals surface area contributed by atoms with Crippen LogP contribution in [0.15, 0.2) is 51.7 Å². The molecule has 0 aliphatic carbocycles. The highest BCUT2D eigenvalue weighted by molar-refractivity contribution is 9.10. The average Bonchev–Trinajstić information content (AvgIpc) is 2.89. The number of hydrogen-bond donors (Lipinski definition) is 2. The molecule has 0 bridgehead atoms. The highest BCUT2D eigenvalue weighted by Crippen LogP contribution is 2.21. The predicted octanol–water partition coefficient (Wildman–Crippen LogP) is 5.36. The van der Waals surface area contributed by atoms with Crippen LogP contribution >= 0.6 is 39.7 Å². The zero-order valence-corrected chi connectivity index (χ0v) is 24.0. The van der Waals surface area contributed by atoms with E-state index in [1.807, 2.05) is 36.4 Å². The second-order valence-corrected chi connectivity index (χ2v) is 11.1. The zero-order valence-electron chi connectivity index (χ0n) is 20.8. The Balaban J connectivity index is 1.08. The lowest BCUT2D eigenvalue weighted by molar-refractivity contribution is -0.121. The second-order valence-electron chi connectivity index (χ2n) is 9.40. The molecule has 0 unspecified atom stereocenters. The van der Waals surface area contributed by atoms with Gasteiger partial charge < -0.3 is 15.2 Å². The molecule has 1 saturated heterocycles. The molecule has 2 aromatic carbocycles. The SMILES string of the molecule is O=C(CCCCCn1c(=S)[nH]c2ccc(Br)cc2c1=O)NCCCN1CCN(c2cccc(Cl)c2)CC1. The van der Waals surface area contributed by atoms with Crippen LogP contribution in [0.25, 0.3) is 10.9 Å². The maximum atomic E-state index is 12.8. The Bertz CT molecular complexity index is 1340. The van der Waals surface area contributed by atoms with Gasteiger partial charge in [-0.3, -0.25) is 19.1 Å². The average molecular weight is 607 g/mol. The molecule has 0 atom stereocenters. The van der Waals surface area contributed by atoms with Crippen LogP contribution in [0.1, 0.15) is 32.1 Å². The van der Waals surface area contributed by atoms with Crippen molar-refractivity contribution in [3.8, 4) is 0 Å². The summed E-state index contributed by atoms with van der Waals surface area (Å²) in [5.41, 5.74) is 1.84. The summed E-state index contributed by atoms with van der Waals surface area (Å²) in [5, 5.41) is 4.43. The minimum absolute atomic E-state index is 0.0799. The van der Waals surface area contributed by atoms with Crippen molar-refractivity contribution in [1.29, 1.82) is 0 Å². The van der Waals surface area contributed by atoms with Gasteiger partial charge in [-0.25, -0.2) is 0 Å². The quantitative estimate of drug-likeness (QED) is 0.227. The van der Waals surface area contributed by atoms with Gasteiger partial charge in [0.1, 0.15) is 0 Å². The number of halogens is 2.